The van der Waals surface area contributed by atoms with E-state index in [2.05, 4.69) is 42.2 Å². The monoisotopic (exact) mass is 424 g/mol. The maximum atomic E-state index is 12.7. The van der Waals surface area contributed by atoms with Crippen molar-refractivity contribution in [3.63, 3.8) is 0 Å². The maximum absolute atomic E-state index is 12.7. The van der Waals surface area contributed by atoms with E-state index < -0.39 is 12.5 Å². The van der Waals surface area contributed by atoms with Crippen LogP contribution in [-0.4, -0.2) is 66.7 Å². The normalized spacial score (nSPS) is 30.5. The van der Waals surface area contributed by atoms with E-state index in [1.165, 1.54) is 0 Å². The van der Waals surface area contributed by atoms with Crippen LogP contribution in [-0.2, 0) is 4.74 Å². The third kappa shape index (κ3) is 7.98. The number of nitrogens with zero attached hydrogens (tertiary/aromatic N) is 2. The first kappa shape index (κ1) is 24.9. The Balaban J connectivity index is 1.87. The van der Waals surface area contributed by atoms with E-state index in [1.54, 1.807) is 0 Å². The molecule has 2 aliphatic rings. The van der Waals surface area contributed by atoms with Crippen LogP contribution in [0.15, 0.2) is 0 Å². The van der Waals surface area contributed by atoms with E-state index >= 15 is 0 Å². The van der Waals surface area contributed by atoms with Crippen LogP contribution in [0, 0.1) is 11.8 Å². The van der Waals surface area contributed by atoms with Crippen molar-refractivity contribution in [1.82, 2.24) is 9.80 Å². The lowest BCUT2D eigenvalue weighted by Crippen LogP contribution is -2.43. The molecule has 0 N–H and O–H groups in total. The molecule has 0 spiro atoms. The molecule has 2 saturated heterocycles. The van der Waals surface area contributed by atoms with Gasteiger partial charge in [-0.05, 0) is 76.8 Å². The average molecular weight is 425 g/mol. The van der Waals surface area contributed by atoms with E-state index in [4.69, 9.17) is 0 Å². The molecule has 0 radical (unpaired) electrons. The van der Waals surface area contributed by atoms with Crippen molar-refractivity contribution in [3.8, 4) is 0 Å². The van der Waals surface area contributed by atoms with E-state index in [0.717, 1.165) is 51.7 Å². The van der Waals surface area contributed by atoms with Gasteiger partial charge in [0.05, 0.1) is 12.8 Å². The Morgan fingerprint density at radius 2 is 1.90 bits per heavy atom. The summed E-state index contributed by atoms with van der Waals surface area (Å²) in [5, 5.41) is 0. The molecule has 4 unspecified atom stereocenters. The summed E-state index contributed by atoms with van der Waals surface area (Å²) in [6, 6.07) is 0.165. The molecule has 0 aliphatic carbocycles. The fourth-order valence-electron chi connectivity index (χ4n) is 5.46. The number of hydrogen-bond donors (Lipinski definition) is 0. The van der Waals surface area contributed by atoms with Gasteiger partial charge in [-0.25, -0.2) is 0 Å². The van der Waals surface area contributed by atoms with E-state index in [0.29, 0.717) is 31.2 Å². The fraction of sp³-hybridized carbons (Fsp3) is 1.00. The molecular formula is C22H40F4N2O. The number of halogens is 4. The van der Waals surface area contributed by atoms with Crippen molar-refractivity contribution in [2.24, 2.45) is 11.8 Å². The van der Waals surface area contributed by atoms with Crippen LogP contribution in [0.4, 0.5) is 17.6 Å². The zero-order valence-corrected chi connectivity index (χ0v) is 18.6. The van der Waals surface area contributed by atoms with Crippen LogP contribution >= 0.6 is 0 Å². The molecule has 7 heteroatoms. The van der Waals surface area contributed by atoms with Gasteiger partial charge in [0.15, 0.2) is 0 Å². The van der Waals surface area contributed by atoms with Crippen LogP contribution < -0.4 is 0 Å². The minimum atomic E-state index is -4.56. The van der Waals surface area contributed by atoms with Crippen molar-refractivity contribution >= 4 is 0 Å². The second kappa shape index (κ2) is 10.8. The van der Waals surface area contributed by atoms with Crippen LogP contribution in [0.3, 0.4) is 0 Å². The molecule has 3 nitrogen and oxygen atoms in total. The van der Waals surface area contributed by atoms with Gasteiger partial charge in [0.25, 0.3) is 0 Å². The minimum absolute atomic E-state index is 0.124. The Kier molecular flexibility index (Phi) is 9.23. The Bertz CT molecular complexity index is 488. The van der Waals surface area contributed by atoms with Crippen LogP contribution in [0.1, 0.15) is 72.6 Å². The minimum Gasteiger partial charge on any atom is -0.298 e. The van der Waals surface area contributed by atoms with Crippen molar-refractivity contribution in [1.29, 1.82) is 0 Å². The van der Waals surface area contributed by atoms with Gasteiger partial charge in [0, 0.05) is 24.7 Å². The van der Waals surface area contributed by atoms with Crippen molar-refractivity contribution in [2.75, 3.05) is 32.9 Å². The smallest absolute Gasteiger partial charge is 0.298 e. The Hall–Kier alpha value is -0.400. The van der Waals surface area contributed by atoms with Crippen molar-refractivity contribution in [3.05, 3.63) is 0 Å². The summed E-state index contributed by atoms with van der Waals surface area (Å²) >= 11 is 0. The second-order valence-corrected chi connectivity index (χ2v) is 9.93. The van der Waals surface area contributed by atoms with Gasteiger partial charge in [-0.3, -0.25) is 18.9 Å². The van der Waals surface area contributed by atoms with E-state index in [1.807, 2.05) is 0 Å². The number of ether oxygens (including phenoxy) is 1. The third-order valence-electron chi connectivity index (χ3n) is 6.70. The first-order valence-electron chi connectivity index (χ1n) is 11.3. The summed E-state index contributed by atoms with van der Waals surface area (Å²) in [4.78, 5) is 4.65. The predicted molar refractivity (Wildman–Crippen MR) is 109 cm³/mol. The molecule has 172 valence electrons. The zero-order valence-electron chi connectivity index (χ0n) is 18.6. The Labute approximate surface area is 174 Å². The van der Waals surface area contributed by atoms with E-state index in [-0.39, 0.29) is 18.3 Å². The van der Waals surface area contributed by atoms with Crippen molar-refractivity contribution < 1.29 is 22.3 Å². The standard InChI is InChI=1S/C22H40F4N2O/c1-17(2)13-19-14-20(29-22(24,25)26)16-27(19)12-7-18(3)15-21(4)8-5-10-28(21)11-6-9-23/h17-20H,5-16H2,1-4H3. The molecule has 0 aromatic rings. The Morgan fingerprint density at radius 3 is 2.52 bits per heavy atom. The maximum Gasteiger partial charge on any atom is 0.522 e. The second-order valence-electron chi connectivity index (χ2n) is 9.93. The van der Waals surface area contributed by atoms with Crippen LogP contribution in [0.5, 0.6) is 0 Å². The largest absolute Gasteiger partial charge is 0.522 e. The molecule has 4 atom stereocenters. The van der Waals surface area contributed by atoms with Gasteiger partial charge in [0.2, 0.25) is 0 Å². The van der Waals surface area contributed by atoms with Crippen LogP contribution in [0.2, 0.25) is 0 Å². The van der Waals surface area contributed by atoms with Crippen molar-refractivity contribution in [2.45, 2.75) is 96.7 Å². The highest BCUT2D eigenvalue weighted by atomic mass is 19.4. The first-order chi connectivity index (χ1) is 13.5. The molecule has 2 heterocycles. The number of rotatable bonds is 11. The fourth-order valence-corrected chi connectivity index (χ4v) is 5.46. The molecular weight excluding hydrogens is 384 g/mol. The molecule has 0 bridgehead atoms. The number of alkyl halides is 4. The molecule has 2 rings (SSSR count). The Morgan fingerprint density at radius 1 is 1.17 bits per heavy atom. The average Bonchev–Trinajstić information content (AvgIpc) is 3.11. The molecule has 2 fully saturated rings. The quantitative estimate of drug-likeness (QED) is 0.399. The first-order valence-corrected chi connectivity index (χ1v) is 11.3. The zero-order chi connectivity index (χ0) is 21.7. The summed E-state index contributed by atoms with van der Waals surface area (Å²) in [6.07, 6.45) is 0.981. The molecule has 0 aromatic carbocycles. The summed E-state index contributed by atoms with van der Waals surface area (Å²) < 4.78 is 54.9. The molecule has 2 aliphatic heterocycles. The molecule has 0 aromatic heterocycles. The van der Waals surface area contributed by atoms with Crippen LogP contribution in [0.25, 0.3) is 0 Å². The summed E-state index contributed by atoms with van der Waals surface area (Å²) in [5.74, 6) is 0.930. The van der Waals surface area contributed by atoms with Gasteiger partial charge in [-0.15, -0.1) is 13.2 Å². The topological polar surface area (TPSA) is 15.7 Å². The highest BCUT2D eigenvalue weighted by molar-refractivity contribution is 4.93. The van der Waals surface area contributed by atoms with Gasteiger partial charge < -0.3 is 0 Å². The highest BCUT2D eigenvalue weighted by Crippen LogP contribution is 2.36. The molecule has 0 amide bonds. The molecule has 0 saturated carbocycles. The summed E-state index contributed by atoms with van der Waals surface area (Å²) in [7, 11) is 0. The molecule has 29 heavy (non-hydrogen) atoms. The predicted octanol–water partition coefficient (Wildman–Crippen LogP) is 5.64. The third-order valence-corrected chi connectivity index (χ3v) is 6.70. The van der Waals surface area contributed by atoms with E-state index in [9.17, 15) is 17.6 Å². The highest BCUT2D eigenvalue weighted by Gasteiger charge is 2.41. The van der Waals surface area contributed by atoms with Gasteiger partial charge in [-0.1, -0.05) is 20.8 Å². The number of hydrogen-bond acceptors (Lipinski definition) is 3. The number of likely N-dealkylation sites (tertiary alicyclic amines) is 2. The SMILES string of the molecule is CC(C)CC1CC(OC(F)(F)F)CN1CCC(C)CC1(C)CCCN1CCCF. The van der Waals surface area contributed by atoms with Gasteiger partial charge >= 0.3 is 6.36 Å². The lowest BCUT2D eigenvalue weighted by molar-refractivity contribution is -0.340. The van der Waals surface area contributed by atoms with Gasteiger partial charge in [-0.2, -0.15) is 0 Å². The summed E-state index contributed by atoms with van der Waals surface area (Å²) in [5.41, 5.74) is 0.124. The lowest BCUT2D eigenvalue weighted by atomic mass is 9.85. The lowest BCUT2D eigenvalue weighted by Gasteiger charge is -2.38. The summed E-state index contributed by atoms with van der Waals surface area (Å²) in [6.45, 7) is 11.5. The van der Waals surface area contributed by atoms with Gasteiger partial charge in [0.1, 0.15) is 0 Å².